The molecule has 0 amide bonds. The van der Waals surface area contributed by atoms with Gasteiger partial charge in [0.05, 0.1) is 14.2 Å². The monoisotopic (exact) mass is 402 g/mol. The lowest BCUT2D eigenvalue weighted by atomic mass is 10.0. The number of hydrogen-bond acceptors (Lipinski definition) is 5. The van der Waals surface area contributed by atoms with Crippen LogP contribution in [-0.4, -0.2) is 20.0 Å². The van der Waals surface area contributed by atoms with Gasteiger partial charge in [0.15, 0.2) is 5.76 Å². The van der Waals surface area contributed by atoms with Gasteiger partial charge >= 0.3 is 0 Å². The summed E-state index contributed by atoms with van der Waals surface area (Å²) in [6.07, 6.45) is 1.71. The fourth-order valence-corrected chi connectivity index (χ4v) is 3.41. The van der Waals surface area contributed by atoms with Crippen molar-refractivity contribution in [3.05, 3.63) is 88.7 Å². The molecule has 30 heavy (non-hydrogen) atoms. The Kier molecular flexibility index (Phi) is 5.44. The van der Waals surface area contributed by atoms with Gasteiger partial charge < -0.3 is 18.9 Å². The highest BCUT2D eigenvalue weighted by Gasteiger charge is 2.33. The number of carbonyl (C=O) groups is 1. The highest BCUT2D eigenvalue weighted by molar-refractivity contribution is 6.16. The Morgan fingerprint density at radius 2 is 1.70 bits per heavy atom. The molecule has 152 valence electrons. The minimum Gasteiger partial charge on any atom is -0.496 e. The molecule has 0 bridgehead atoms. The van der Waals surface area contributed by atoms with Crippen LogP contribution in [0.3, 0.4) is 0 Å². The van der Waals surface area contributed by atoms with Crippen LogP contribution in [0, 0.1) is 6.92 Å². The minimum absolute atomic E-state index is 0.211. The Hall–Kier alpha value is -3.73. The molecule has 4 rings (SSSR count). The SMILES string of the molecule is COc1cc2c(c(OC)c1C)C(=O)/C(=C/c1ccc(OCc3ccccc3)cc1)O2. The van der Waals surface area contributed by atoms with Gasteiger partial charge in [-0.05, 0) is 36.3 Å². The minimum atomic E-state index is -0.211. The average molecular weight is 402 g/mol. The van der Waals surface area contributed by atoms with Crippen molar-refractivity contribution in [1.82, 2.24) is 0 Å². The third kappa shape index (κ3) is 3.74. The summed E-state index contributed by atoms with van der Waals surface area (Å²) in [4.78, 5) is 12.9. The van der Waals surface area contributed by atoms with E-state index in [0.717, 1.165) is 22.4 Å². The van der Waals surface area contributed by atoms with Crippen LogP contribution in [0.25, 0.3) is 6.08 Å². The van der Waals surface area contributed by atoms with E-state index in [1.165, 1.54) is 7.11 Å². The van der Waals surface area contributed by atoms with Crippen LogP contribution in [0.5, 0.6) is 23.0 Å². The summed E-state index contributed by atoms with van der Waals surface area (Å²) in [5.41, 5.74) is 3.12. The van der Waals surface area contributed by atoms with Crippen LogP contribution >= 0.6 is 0 Å². The number of benzene rings is 3. The van der Waals surface area contributed by atoms with E-state index in [1.807, 2.05) is 61.5 Å². The van der Waals surface area contributed by atoms with Gasteiger partial charge in [-0.2, -0.15) is 0 Å². The highest BCUT2D eigenvalue weighted by Crippen LogP contribution is 2.44. The molecule has 0 atom stereocenters. The molecule has 0 N–H and O–H groups in total. The maximum Gasteiger partial charge on any atom is 0.235 e. The molecule has 0 unspecified atom stereocenters. The standard InChI is InChI=1S/C25H22O5/c1-16-20(27-2)14-21-23(25(16)28-3)24(26)22(30-21)13-17-9-11-19(12-10-17)29-15-18-7-5-4-6-8-18/h4-14H,15H2,1-3H3/b22-13-. The number of allylic oxidation sites excluding steroid dienone is 1. The fraction of sp³-hybridized carbons (Fsp3) is 0.160. The van der Waals surface area contributed by atoms with Crippen molar-refractivity contribution in [3.8, 4) is 23.0 Å². The van der Waals surface area contributed by atoms with Crippen molar-refractivity contribution in [2.75, 3.05) is 14.2 Å². The lowest BCUT2D eigenvalue weighted by Crippen LogP contribution is -2.01. The molecular weight excluding hydrogens is 380 g/mol. The molecule has 1 aliphatic rings. The number of carbonyl (C=O) groups excluding carboxylic acids is 1. The van der Waals surface area contributed by atoms with Crippen molar-refractivity contribution in [3.63, 3.8) is 0 Å². The van der Waals surface area contributed by atoms with Gasteiger partial charge in [0.25, 0.3) is 0 Å². The van der Waals surface area contributed by atoms with E-state index in [4.69, 9.17) is 18.9 Å². The summed E-state index contributed by atoms with van der Waals surface area (Å²) in [5.74, 6) is 2.31. The van der Waals surface area contributed by atoms with E-state index < -0.39 is 0 Å². The van der Waals surface area contributed by atoms with Crippen molar-refractivity contribution in [1.29, 1.82) is 0 Å². The molecular formula is C25H22O5. The predicted molar refractivity (Wildman–Crippen MR) is 114 cm³/mol. The van der Waals surface area contributed by atoms with Gasteiger partial charge in [0.2, 0.25) is 5.78 Å². The summed E-state index contributed by atoms with van der Waals surface area (Å²) in [6.45, 7) is 2.35. The maximum absolute atomic E-state index is 12.9. The summed E-state index contributed by atoms with van der Waals surface area (Å²) in [5, 5.41) is 0. The second-order valence-corrected chi connectivity index (χ2v) is 6.89. The summed E-state index contributed by atoms with van der Waals surface area (Å²) in [7, 11) is 3.11. The number of rotatable bonds is 6. The largest absolute Gasteiger partial charge is 0.496 e. The quantitative estimate of drug-likeness (QED) is 0.530. The molecule has 0 radical (unpaired) electrons. The van der Waals surface area contributed by atoms with Crippen LogP contribution in [-0.2, 0) is 6.61 Å². The Morgan fingerprint density at radius 3 is 2.37 bits per heavy atom. The molecule has 0 aliphatic carbocycles. The van der Waals surface area contributed by atoms with Gasteiger partial charge in [-0.25, -0.2) is 0 Å². The average Bonchev–Trinajstić information content (AvgIpc) is 3.08. The number of ether oxygens (including phenoxy) is 4. The zero-order valence-corrected chi connectivity index (χ0v) is 17.1. The Balaban J connectivity index is 1.53. The number of ketones is 1. The van der Waals surface area contributed by atoms with Gasteiger partial charge in [0, 0.05) is 11.6 Å². The lowest BCUT2D eigenvalue weighted by Gasteiger charge is -2.12. The number of hydrogen-bond donors (Lipinski definition) is 0. The van der Waals surface area contributed by atoms with Crippen molar-refractivity contribution < 1.29 is 23.7 Å². The summed E-state index contributed by atoms with van der Waals surface area (Å²) >= 11 is 0. The van der Waals surface area contributed by atoms with E-state index in [2.05, 4.69) is 0 Å². The molecule has 1 heterocycles. The predicted octanol–water partition coefficient (Wildman–Crippen LogP) is 5.21. The van der Waals surface area contributed by atoms with Crippen LogP contribution in [0.4, 0.5) is 0 Å². The maximum atomic E-state index is 12.9. The molecule has 3 aromatic carbocycles. The molecule has 3 aromatic rings. The normalized spacial score (nSPS) is 13.7. The Labute approximate surface area is 175 Å². The molecule has 5 heteroatoms. The molecule has 5 nitrogen and oxygen atoms in total. The van der Waals surface area contributed by atoms with Crippen LogP contribution < -0.4 is 18.9 Å². The first-order chi connectivity index (χ1) is 14.6. The number of methoxy groups -OCH3 is 2. The van der Waals surface area contributed by atoms with Crippen molar-refractivity contribution in [2.24, 2.45) is 0 Å². The second kappa shape index (κ2) is 8.33. The Morgan fingerprint density at radius 1 is 0.967 bits per heavy atom. The first kappa shape index (κ1) is 19.6. The molecule has 0 saturated carbocycles. The van der Waals surface area contributed by atoms with E-state index in [0.29, 0.717) is 29.4 Å². The molecule has 1 aliphatic heterocycles. The number of fused-ring (bicyclic) bond motifs is 1. The smallest absolute Gasteiger partial charge is 0.235 e. The van der Waals surface area contributed by atoms with Crippen LogP contribution in [0.15, 0.2) is 66.4 Å². The first-order valence-electron chi connectivity index (χ1n) is 9.57. The van der Waals surface area contributed by atoms with E-state index in [-0.39, 0.29) is 11.5 Å². The molecule has 0 saturated heterocycles. The fourth-order valence-electron chi connectivity index (χ4n) is 3.41. The third-order valence-corrected chi connectivity index (χ3v) is 4.97. The van der Waals surface area contributed by atoms with Gasteiger partial charge in [0.1, 0.15) is 35.2 Å². The molecule has 0 fully saturated rings. The molecule has 0 spiro atoms. The summed E-state index contributed by atoms with van der Waals surface area (Å²) in [6, 6.07) is 19.2. The van der Waals surface area contributed by atoms with Crippen molar-refractivity contribution in [2.45, 2.75) is 13.5 Å². The van der Waals surface area contributed by atoms with Crippen molar-refractivity contribution >= 4 is 11.9 Å². The van der Waals surface area contributed by atoms with E-state index in [1.54, 1.807) is 19.3 Å². The van der Waals surface area contributed by atoms with E-state index >= 15 is 0 Å². The Bertz CT molecular complexity index is 1100. The van der Waals surface area contributed by atoms with Gasteiger partial charge in [-0.1, -0.05) is 42.5 Å². The second-order valence-electron chi connectivity index (χ2n) is 6.89. The topological polar surface area (TPSA) is 54.0 Å². The number of Topliss-reactive ketones (excluding diaryl/α,β-unsaturated/α-hetero) is 1. The van der Waals surface area contributed by atoms with Gasteiger partial charge in [-0.3, -0.25) is 4.79 Å². The highest BCUT2D eigenvalue weighted by atomic mass is 16.5. The van der Waals surface area contributed by atoms with E-state index in [9.17, 15) is 4.79 Å². The zero-order chi connectivity index (χ0) is 21.1. The van der Waals surface area contributed by atoms with Crippen LogP contribution in [0.1, 0.15) is 27.0 Å². The lowest BCUT2D eigenvalue weighted by molar-refractivity contribution is 0.101. The first-order valence-corrected chi connectivity index (χ1v) is 9.57. The zero-order valence-electron chi connectivity index (χ0n) is 17.1. The summed E-state index contributed by atoms with van der Waals surface area (Å²) < 4.78 is 22.4. The molecule has 0 aromatic heterocycles. The third-order valence-electron chi connectivity index (χ3n) is 4.97. The van der Waals surface area contributed by atoms with Gasteiger partial charge in [-0.15, -0.1) is 0 Å². The van der Waals surface area contributed by atoms with Crippen LogP contribution in [0.2, 0.25) is 0 Å².